The van der Waals surface area contributed by atoms with E-state index in [0.717, 1.165) is 22.3 Å². The lowest BCUT2D eigenvalue weighted by Gasteiger charge is -2.14. The maximum absolute atomic E-state index is 11.7. The molecule has 2 aliphatic heterocycles. The molecule has 0 bridgehead atoms. The number of likely N-dealkylation sites (N-methyl/N-ethyl adjacent to an activating group) is 1. The minimum Gasteiger partial charge on any atom is -0.508 e. The number of benzene rings is 2. The molecule has 2 aromatic rings. The van der Waals surface area contributed by atoms with Crippen LogP contribution in [0.5, 0.6) is 11.5 Å². The van der Waals surface area contributed by atoms with Gasteiger partial charge in [0.25, 0.3) is 5.91 Å². The van der Waals surface area contributed by atoms with E-state index in [-0.39, 0.29) is 54.8 Å². The van der Waals surface area contributed by atoms with Crippen molar-refractivity contribution in [3.63, 3.8) is 0 Å². The first-order valence-electron chi connectivity index (χ1n) is 14.9. The quantitative estimate of drug-likeness (QED) is 0.130. The number of ether oxygens (including phenoxy) is 3. The molecule has 0 saturated heterocycles. The van der Waals surface area contributed by atoms with E-state index in [1.807, 2.05) is 6.92 Å². The highest BCUT2D eigenvalue weighted by molar-refractivity contribution is 6.62. The predicted octanol–water partition coefficient (Wildman–Crippen LogP) is 0.216. The number of alkyl halides is 1. The zero-order valence-corrected chi connectivity index (χ0v) is 28.0. The summed E-state index contributed by atoms with van der Waals surface area (Å²) < 4.78 is 26.0. The number of carbonyl (C=O) groups is 4. The monoisotopic (exact) mass is 678 g/mol. The Balaban J connectivity index is 0.000000284. The first kappa shape index (κ1) is 39.4. The van der Waals surface area contributed by atoms with Crippen LogP contribution in [0.4, 0.5) is 0 Å². The molecule has 2 aromatic carbocycles. The summed E-state index contributed by atoms with van der Waals surface area (Å²) in [5.74, 6) is -0.546. The molecule has 5 N–H and O–H groups in total. The number of amides is 2. The Hall–Kier alpha value is -3.82. The SMILES string of the molecule is CCOC(=O)CC1OB(O)c2cc(O)cc(C)c21.CCOC(=O)CC1OB(O)c2cc(OCC(=O)NC)cc(C)c21.CNC(=O)CCl. The number of esters is 2. The molecule has 2 atom stereocenters. The molecule has 2 heterocycles. The van der Waals surface area contributed by atoms with Crippen molar-refractivity contribution in [2.75, 3.05) is 39.8 Å². The highest BCUT2D eigenvalue weighted by Crippen LogP contribution is 2.33. The third-order valence-corrected chi connectivity index (χ3v) is 7.16. The van der Waals surface area contributed by atoms with Crippen LogP contribution in [0.2, 0.25) is 0 Å². The number of phenolic OH excluding ortho intramolecular Hbond substituents is 1. The van der Waals surface area contributed by atoms with Gasteiger partial charge in [0.15, 0.2) is 6.61 Å². The summed E-state index contributed by atoms with van der Waals surface area (Å²) in [6.07, 6.45) is -0.970. The van der Waals surface area contributed by atoms with Gasteiger partial charge in [-0.15, -0.1) is 11.6 Å². The number of phenols is 1. The molecule has 256 valence electrons. The summed E-state index contributed by atoms with van der Waals surface area (Å²) in [4.78, 5) is 44.3. The molecule has 2 unspecified atom stereocenters. The van der Waals surface area contributed by atoms with Crippen LogP contribution in [0.3, 0.4) is 0 Å². The number of rotatable bonds is 10. The Kier molecular flexibility index (Phi) is 16.0. The van der Waals surface area contributed by atoms with Gasteiger partial charge >= 0.3 is 26.2 Å². The zero-order chi connectivity index (χ0) is 35.3. The van der Waals surface area contributed by atoms with E-state index in [1.54, 1.807) is 46.0 Å². The van der Waals surface area contributed by atoms with Gasteiger partial charge in [-0.3, -0.25) is 19.2 Å². The largest absolute Gasteiger partial charge is 0.508 e. The van der Waals surface area contributed by atoms with Crippen molar-refractivity contribution in [1.29, 1.82) is 0 Å². The Bertz CT molecular complexity index is 1410. The van der Waals surface area contributed by atoms with Crippen molar-refractivity contribution in [2.45, 2.75) is 52.7 Å². The summed E-state index contributed by atoms with van der Waals surface area (Å²) in [5, 5.41) is 34.1. The fraction of sp³-hybridized carbons (Fsp3) is 0.467. The van der Waals surface area contributed by atoms with Gasteiger partial charge in [0.1, 0.15) is 17.4 Å². The molecule has 0 aromatic heterocycles. The molecule has 0 aliphatic carbocycles. The predicted molar refractivity (Wildman–Crippen MR) is 174 cm³/mol. The molecule has 0 spiro atoms. The first-order valence-corrected chi connectivity index (χ1v) is 15.4. The molecule has 0 radical (unpaired) electrons. The highest BCUT2D eigenvalue weighted by Gasteiger charge is 2.39. The average molecular weight is 679 g/mol. The number of aromatic hydroxyl groups is 1. The van der Waals surface area contributed by atoms with Gasteiger partial charge in [0.05, 0.1) is 38.3 Å². The van der Waals surface area contributed by atoms with Crippen molar-refractivity contribution < 1.29 is 57.9 Å². The third kappa shape index (κ3) is 11.4. The van der Waals surface area contributed by atoms with E-state index in [1.165, 1.54) is 13.1 Å². The van der Waals surface area contributed by atoms with E-state index in [0.29, 0.717) is 29.9 Å². The normalized spacial score (nSPS) is 15.6. The summed E-state index contributed by atoms with van der Waals surface area (Å²) in [7, 11) is 0.832. The van der Waals surface area contributed by atoms with Crippen LogP contribution in [0, 0.1) is 13.8 Å². The van der Waals surface area contributed by atoms with Gasteiger partial charge in [-0.2, -0.15) is 0 Å². The lowest BCUT2D eigenvalue weighted by Crippen LogP contribution is -2.29. The number of hydrogen-bond acceptors (Lipinski definition) is 12. The molecular weight excluding hydrogens is 637 g/mol. The Morgan fingerprint density at radius 1 is 0.809 bits per heavy atom. The minimum atomic E-state index is -1.13. The lowest BCUT2D eigenvalue weighted by atomic mass is 9.77. The maximum Gasteiger partial charge on any atom is 0.492 e. The molecular formula is C30H41B2ClN2O12. The smallest absolute Gasteiger partial charge is 0.492 e. The minimum absolute atomic E-state index is 0.0389. The first-order chi connectivity index (χ1) is 22.3. The number of hydrogen-bond donors (Lipinski definition) is 5. The summed E-state index contributed by atoms with van der Waals surface area (Å²) in [6.45, 7) is 7.61. The van der Waals surface area contributed by atoms with Gasteiger partial charge in [-0.25, -0.2) is 0 Å². The molecule has 4 rings (SSSR count). The molecule has 47 heavy (non-hydrogen) atoms. The van der Waals surface area contributed by atoms with Crippen LogP contribution in [0.25, 0.3) is 0 Å². The van der Waals surface area contributed by atoms with E-state index in [2.05, 4.69) is 10.6 Å². The van der Waals surface area contributed by atoms with Crippen LogP contribution >= 0.6 is 11.6 Å². The van der Waals surface area contributed by atoms with E-state index < -0.39 is 26.4 Å². The average Bonchev–Trinajstić information content (AvgIpc) is 3.51. The number of fused-ring (bicyclic) bond motifs is 2. The molecule has 0 fully saturated rings. The maximum atomic E-state index is 11.7. The van der Waals surface area contributed by atoms with Crippen molar-refractivity contribution in [2.24, 2.45) is 0 Å². The lowest BCUT2D eigenvalue weighted by molar-refractivity contribution is -0.146. The third-order valence-electron chi connectivity index (χ3n) is 6.92. The van der Waals surface area contributed by atoms with Crippen molar-refractivity contribution in [3.8, 4) is 11.5 Å². The molecule has 2 aliphatic rings. The summed E-state index contributed by atoms with van der Waals surface area (Å²) in [5.41, 5.74) is 4.19. The van der Waals surface area contributed by atoms with Crippen molar-refractivity contribution >= 4 is 60.5 Å². The van der Waals surface area contributed by atoms with Gasteiger partial charge in [-0.05, 0) is 85.1 Å². The van der Waals surface area contributed by atoms with Crippen LogP contribution < -0.4 is 26.3 Å². The zero-order valence-electron chi connectivity index (χ0n) is 27.3. The summed E-state index contributed by atoms with van der Waals surface area (Å²) in [6, 6.07) is 6.42. The van der Waals surface area contributed by atoms with Gasteiger partial charge in [-0.1, -0.05) is 0 Å². The molecule has 14 nitrogen and oxygen atoms in total. The number of halogens is 1. The second-order valence-electron chi connectivity index (χ2n) is 10.2. The summed E-state index contributed by atoms with van der Waals surface area (Å²) >= 11 is 5.04. The van der Waals surface area contributed by atoms with Crippen molar-refractivity contribution in [3.05, 3.63) is 46.5 Å². The number of carbonyl (C=O) groups excluding carboxylic acids is 4. The topological polar surface area (TPSA) is 199 Å². The Morgan fingerprint density at radius 3 is 1.70 bits per heavy atom. The number of aryl methyl sites for hydroxylation is 2. The van der Waals surface area contributed by atoms with Gasteiger partial charge in [0.2, 0.25) is 5.91 Å². The number of nitrogens with one attached hydrogen (secondary N) is 2. The van der Waals surface area contributed by atoms with E-state index >= 15 is 0 Å². The fourth-order valence-corrected chi connectivity index (χ4v) is 5.03. The second kappa shape index (κ2) is 19.1. The van der Waals surface area contributed by atoms with Gasteiger partial charge in [0, 0.05) is 14.1 Å². The van der Waals surface area contributed by atoms with Crippen LogP contribution in [-0.4, -0.2) is 92.9 Å². The standard InChI is InChI=1S/C15H20BNO6.C12H15BO5.C3H6ClNO/c1-4-21-14(19)7-12-15-9(2)5-10(22-8-13(18)17-3)6-11(15)16(20)23-12;1-3-17-11(15)6-10-12-7(2)4-8(14)5-9(12)13(16)18-10;1-5-3(6)2-4/h5-6,12,20H,4,7-8H2,1-3H3,(H,17,18);4-5,10,14,16H,3,6H2,1-2H3;2H2,1H3,(H,5,6). The Morgan fingerprint density at radius 2 is 1.28 bits per heavy atom. The van der Waals surface area contributed by atoms with Crippen molar-refractivity contribution in [1.82, 2.24) is 10.6 Å². The van der Waals surface area contributed by atoms with E-state index in [4.69, 9.17) is 35.1 Å². The molecule has 17 heteroatoms. The van der Waals surface area contributed by atoms with E-state index in [9.17, 15) is 34.3 Å². The second-order valence-corrected chi connectivity index (χ2v) is 10.5. The van der Waals surface area contributed by atoms with Crippen LogP contribution in [0.15, 0.2) is 24.3 Å². The van der Waals surface area contributed by atoms with Gasteiger partial charge < -0.3 is 49.3 Å². The Labute approximate surface area is 279 Å². The fourth-order valence-electron chi connectivity index (χ4n) is 4.89. The van der Waals surface area contributed by atoms with Crippen LogP contribution in [-0.2, 0) is 38.0 Å². The molecule has 2 amide bonds. The molecule has 0 saturated carbocycles. The van der Waals surface area contributed by atoms with Crippen LogP contribution in [0.1, 0.15) is 61.2 Å². The highest BCUT2D eigenvalue weighted by atomic mass is 35.5.